The van der Waals surface area contributed by atoms with Crippen LogP contribution in [0.5, 0.6) is 11.5 Å². The van der Waals surface area contributed by atoms with Crippen molar-refractivity contribution in [3.63, 3.8) is 0 Å². The van der Waals surface area contributed by atoms with Gasteiger partial charge in [-0.05, 0) is 70.0 Å². The summed E-state index contributed by atoms with van der Waals surface area (Å²) in [6, 6.07) is 13.4. The van der Waals surface area contributed by atoms with Crippen molar-refractivity contribution in [1.82, 2.24) is 10.2 Å². The lowest BCUT2D eigenvalue weighted by atomic mass is 10.1. The minimum absolute atomic E-state index is 0.106. The molecule has 0 unspecified atom stereocenters. The Kier molecular flexibility index (Phi) is 6.92. The second-order valence-electron chi connectivity index (χ2n) is 7.09. The summed E-state index contributed by atoms with van der Waals surface area (Å²) in [5.74, 6) is 1.70. The molecule has 7 heteroatoms. The van der Waals surface area contributed by atoms with E-state index in [1.807, 2.05) is 42.5 Å². The molecule has 1 aliphatic rings. The number of para-hydroxylation sites is 1. The molecule has 0 atom stereocenters. The Morgan fingerprint density at radius 3 is 2.66 bits per heavy atom. The van der Waals surface area contributed by atoms with Crippen molar-refractivity contribution in [2.24, 2.45) is 5.92 Å². The molecule has 29 heavy (non-hydrogen) atoms. The van der Waals surface area contributed by atoms with Crippen LogP contribution in [0.2, 0.25) is 0 Å². The van der Waals surface area contributed by atoms with Crippen LogP contribution in [0.4, 0.5) is 0 Å². The van der Waals surface area contributed by atoms with E-state index >= 15 is 0 Å². The van der Waals surface area contributed by atoms with Crippen LogP contribution in [0.3, 0.4) is 0 Å². The summed E-state index contributed by atoms with van der Waals surface area (Å²) >= 11 is 8.80. The third kappa shape index (κ3) is 5.16. The number of thiocarbonyl (C=S) groups is 1. The van der Waals surface area contributed by atoms with E-state index in [-0.39, 0.29) is 5.91 Å². The van der Waals surface area contributed by atoms with Gasteiger partial charge in [-0.15, -0.1) is 0 Å². The highest BCUT2D eigenvalue weighted by Crippen LogP contribution is 2.28. The molecule has 1 aliphatic heterocycles. The fourth-order valence-electron chi connectivity index (χ4n) is 2.99. The van der Waals surface area contributed by atoms with E-state index in [0.29, 0.717) is 29.9 Å². The van der Waals surface area contributed by atoms with Gasteiger partial charge in [0.1, 0.15) is 23.8 Å². The van der Waals surface area contributed by atoms with Gasteiger partial charge in [0.25, 0.3) is 5.91 Å². The first-order valence-corrected chi connectivity index (χ1v) is 10.5. The number of carbonyl (C=O) groups is 1. The van der Waals surface area contributed by atoms with Gasteiger partial charge >= 0.3 is 0 Å². The minimum Gasteiger partial charge on any atom is -0.496 e. The number of halogens is 1. The monoisotopic (exact) mass is 474 g/mol. The molecule has 0 spiro atoms. The van der Waals surface area contributed by atoms with Gasteiger partial charge in [0.05, 0.1) is 11.6 Å². The van der Waals surface area contributed by atoms with Gasteiger partial charge in [-0.1, -0.05) is 32.0 Å². The second-order valence-corrected chi connectivity index (χ2v) is 8.33. The van der Waals surface area contributed by atoms with Crippen LogP contribution in [0, 0.1) is 5.92 Å². The zero-order valence-electron chi connectivity index (χ0n) is 16.6. The Hall–Kier alpha value is -2.38. The molecule has 1 saturated heterocycles. The van der Waals surface area contributed by atoms with Gasteiger partial charge in [-0.2, -0.15) is 0 Å². The van der Waals surface area contributed by atoms with Crippen molar-refractivity contribution >= 4 is 45.2 Å². The smallest absolute Gasteiger partial charge is 0.276 e. The molecular weight excluding hydrogens is 452 g/mol. The standard InChI is InChI=1S/C22H23BrN2O3S/c1-14(2)12-25-21(26)18(24-22(25)29)11-15-8-9-19(27-3)16(10-15)13-28-20-7-5-4-6-17(20)23/h4-11,14H,12-13H2,1-3H3,(H,24,29)/b18-11+. The molecule has 0 aromatic heterocycles. The van der Waals surface area contributed by atoms with E-state index < -0.39 is 0 Å². The quantitative estimate of drug-likeness (QED) is 0.463. The number of carbonyl (C=O) groups excluding carboxylic acids is 1. The molecule has 0 aliphatic carbocycles. The van der Waals surface area contributed by atoms with Crippen LogP contribution in [0.1, 0.15) is 25.0 Å². The number of nitrogens with zero attached hydrogens (tertiary/aromatic N) is 1. The summed E-state index contributed by atoms with van der Waals surface area (Å²) < 4.78 is 12.3. The Labute approximate surface area is 184 Å². The Morgan fingerprint density at radius 1 is 1.21 bits per heavy atom. The lowest BCUT2D eigenvalue weighted by Crippen LogP contribution is -2.33. The molecule has 0 saturated carbocycles. The molecule has 1 N–H and O–H groups in total. The molecule has 3 rings (SSSR count). The highest BCUT2D eigenvalue weighted by Gasteiger charge is 2.30. The summed E-state index contributed by atoms with van der Waals surface area (Å²) in [6.45, 7) is 5.04. The van der Waals surface area contributed by atoms with Crippen LogP contribution in [-0.4, -0.2) is 29.6 Å². The molecule has 0 bridgehead atoms. The molecule has 5 nitrogen and oxygen atoms in total. The highest BCUT2D eigenvalue weighted by atomic mass is 79.9. The first-order valence-electron chi connectivity index (χ1n) is 9.28. The third-order valence-electron chi connectivity index (χ3n) is 4.35. The molecule has 2 aromatic rings. The Balaban J connectivity index is 1.81. The second kappa shape index (κ2) is 9.41. The predicted molar refractivity (Wildman–Crippen MR) is 122 cm³/mol. The zero-order chi connectivity index (χ0) is 21.0. The van der Waals surface area contributed by atoms with Crippen molar-refractivity contribution < 1.29 is 14.3 Å². The molecule has 152 valence electrons. The maximum atomic E-state index is 12.7. The Morgan fingerprint density at radius 2 is 1.97 bits per heavy atom. The largest absolute Gasteiger partial charge is 0.496 e. The number of benzene rings is 2. The van der Waals surface area contributed by atoms with E-state index in [1.54, 1.807) is 18.1 Å². The van der Waals surface area contributed by atoms with Gasteiger partial charge < -0.3 is 14.8 Å². The van der Waals surface area contributed by atoms with Crippen molar-refractivity contribution in [2.45, 2.75) is 20.5 Å². The molecule has 2 aromatic carbocycles. The van der Waals surface area contributed by atoms with Crippen molar-refractivity contribution in [2.75, 3.05) is 13.7 Å². The summed E-state index contributed by atoms with van der Waals surface area (Å²) in [6.07, 6.45) is 1.80. The maximum Gasteiger partial charge on any atom is 0.276 e. The third-order valence-corrected chi connectivity index (χ3v) is 5.32. The summed E-state index contributed by atoms with van der Waals surface area (Å²) in [5, 5.41) is 3.47. The van der Waals surface area contributed by atoms with Gasteiger partial charge in [0, 0.05) is 12.1 Å². The maximum absolute atomic E-state index is 12.7. The molecule has 1 fully saturated rings. The topological polar surface area (TPSA) is 50.8 Å². The van der Waals surface area contributed by atoms with E-state index in [2.05, 4.69) is 35.1 Å². The first-order chi connectivity index (χ1) is 13.9. The van der Waals surface area contributed by atoms with E-state index in [4.69, 9.17) is 21.7 Å². The number of rotatable bonds is 7. The first kappa shape index (κ1) is 21.3. The van der Waals surface area contributed by atoms with Crippen molar-refractivity contribution in [1.29, 1.82) is 0 Å². The van der Waals surface area contributed by atoms with Gasteiger partial charge in [-0.3, -0.25) is 9.69 Å². The van der Waals surface area contributed by atoms with Crippen LogP contribution in [-0.2, 0) is 11.4 Å². The van der Waals surface area contributed by atoms with E-state index in [9.17, 15) is 4.79 Å². The lowest BCUT2D eigenvalue weighted by molar-refractivity contribution is -0.122. The number of amides is 1. The fraction of sp³-hybridized carbons (Fsp3) is 0.273. The molecule has 1 heterocycles. The average molecular weight is 475 g/mol. The SMILES string of the molecule is COc1ccc(/C=C2/NC(=S)N(CC(C)C)C2=O)cc1COc1ccccc1Br. The van der Waals surface area contributed by atoms with Crippen molar-refractivity contribution in [3.8, 4) is 11.5 Å². The van der Waals surface area contributed by atoms with Gasteiger partial charge in [0.2, 0.25) is 0 Å². The van der Waals surface area contributed by atoms with Crippen LogP contribution < -0.4 is 14.8 Å². The zero-order valence-corrected chi connectivity index (χ0v) is 19.0. The Bertz CT molecular complexity index is 959. The number of methoxy groups -OCH3 is 1. The number of nitrogens with one attached hydrogen (secondary N) is 1. The van der Waals surface area contributed by atoms with E-state index in [0.717, 1.165) is 27.1 Å². The summed E-state index contributed by atoms with van der Waals surface area (Å²) in [7, 11) is 1.62. The highest BCUT2D eigenvalue weighted by molar-refractivity contribution is 9.10. The molecule has 1 amide bonds. The lowest BCUT2D eigenvalue weighted by Gasteiger charge is -2.16. The van der Waals surface area contributed by atoms with Crippen molar-refractivity contribution in [3.05, 3.63) is 63.8 Å². The van der Waals surface area contributed by atoms with E-state index in [1.165, 1.54) is 0 Å². The molecular formula is C22H23BrN2O3S. The van der Waals surface area contributed by atoms with Crippen LogP contribution in [0.15, 0.2) is 52.6 Å². The fourth-order valence-corrected chi connectivity index (χ4v) is 3.65. The average Bonchev–Trinajstić information content (AvgIpc) is 2.94. The molecule has 0 radical (unpaired) electrons. The predicted octanol–water partition coefficient (Wildman–Crippen LogP) is 4.75. The summed E-state index contributed by atoms with van der Waals surface area (Å²) in [5.41, 5.74) is 2.21. The van der Waals surface area contributed by atoms with Crippen LogP contribution in [0.25, 0.3) is 6.08 Å². The summed E-state index contributed by atoms with van der Waals surface area (Å²) in [4.78, 5) is 14.3. The number of ether oxygens (including phenoxy) is 2. The van der Waals surface area contributed by atoms with Crippen LogP contribution >= 0.6 is 28.1 Å². The normalized spacial score (nSPS) is 15.2. The van der Waals surface area contributed by atoms with Gasteiger partial charge in [-0.25, -0.2) is 0 Å². The van der Waals surface area contributed by atoms with Gasteiger partial charge in [0.15, 0.2) is 5.11 Å². The minimum atomic E-state index is -0.106. The number of hydrogen-bond donors (Lipinski definition) is 1. The number of hydrogen-bond acceptors (Lipinski definition) is 4.